The predicted molar refractivity (Wildman–Crippen MR) is 88.8 cm³/mol. The Morgan fingerprint density at radius 1 is 1.24 bits per heavy atom. The third-order valence-electron chi connectivity index (χ3n) is 4.59. The average Bonchev–Trinajstić information content (AvgIpc) is 2.43. The van der Waals surface area contributed by atoms with Gasteiger partial charge in [-0.05, 0) is 42.7 Å². The Labute approximate surface area is 128 Å². The predicted octanol–water partition coefficient (Wildman–Crippen LogP) is 4.82. The van der Waals surface area contributed by atoms with Crippen LogP contribution in [0.4, 0.5) is 10.5 Å². The standard InChI is InChI=1S/C18H28N2O/c1-12(2)15-10-7-9-14(4)17(15)20-18(21)19-16-11-6-5-8-13(16)3/h7,9-10,12-13,16H,5-6,8,11H2,1-4H3,(H2,19,20,21). The van der Waals surface area contributed by atoms with Crippen molar-refractivity contribution >= 4 is 11.7 Å². The Morgan fingerprint density at radius 3 is 2.62 bits per heavy atom. The summed E-state index contributed by atoms with van der Waals surface area (Å²) in [6.45, 7) is 8.59. The van der Waals surface area contributed by atoms with E-state index in [-0.39, 0.29) is 6.03 Å². The Morgan fingerprint density at radius 2 is 1.95 bits per heavy atom. The Kier molecular flexibility index (Phi) is 5.27. The SMILES string of the molecule is Cc1cccc(C(C)C)c1NC(=O)NC1CCCCC1C. The smallest absolute Gasteiger partial charge is 0.319 e. The lowest BCUT2D eigenvalue weighted by Gasteiger charge is -2.29. The van der Waals surface area contributed by atoms with Crippen molar-refractivity contribution < 1.29 is 4.79 Å². The number of hydrogen-bond acceptors (Lipinski definition) is 1. The Hall–Kier alpha value is -1.51. The zero-order valence-corrected chi connectivity index (χ0v) is 13.7. The number of para-hydroxylation sites is 1. The molecule has 1 aliphatic rings. The molecule has 0 aromatic heterocycles. The molecule has 2 unspecified atom stereocenters. The van der Waals surface area contributed by atoms with E-state index >= 15 is 0 Å². The number of benzene rings is 1. The monoisotopic (exact) mass is 288 g/mol. The van der Waals surface area contributed by atoms with Crippen molar-refractivity contribution in [1.82, 2.24) is 5.32 Å². The van der Waals surface area contributed by atoms with Gasteiger partial charge >= 0.3 is 6.03 Å². The Balaban J connectivity index is 2.06. The molecule has 3 nitrogen and oxygen atoms in total. The van der Waals surface area contributed by atoms with Gasteiger partial charge in [-0.1, -0.05) is 51.8 Å². The highest BCUT2D eigenvalue weighted by atomic mass is 16.2. The number of carbonyl (C=O) groups is 1. The van der Waals surface area contributed by atoms with Gasteiger partial charge in [-0.2, -0.15) is 0 Å². The first-order valence-corrected chi connectivity index (χ1v) is 8.16. The molecule has 0 heterocycles. The van der Waals surface area contributed by atoms with Gasteiger partial charge in [0.15, 0.2) is 0 Å². The van der Waals surface area contributed by atoms with E-state index in [1.807, 2.05) is 13.0 Å². The average molecular weight is 288 g/mol. The fourth-order valence-electron chi connectivity index (χ4n) is 3.19. The van der Waals surface area contributed by atoms with E-state index in [2.05, 4.69) is 43.5 Å². The highest BCUT2D eigenvalue weighted by Gasteiger charge is 2.23. The molecule has 2 rings (SSSR count). The molecule has 0 aliphatic heterocycles. The second-order valence-corrected chi connectivity index (χ2v) is 6.66. The summed E-state index contributed by atoms with van der Waals surface area (Å²) in [6, 6.07) is 6.44. The van der Waals surface area contributed by atoms with Crippen molar-refractivity contribution in [2.45, 2.75) is 65.3 Å². The van der Waals surface area contributed by atoms with Crippen molar-refractivity contribution in [3.05, 3.63) is 29.3 Å². The summed E-state index contributed by atoms with van der Waals surface area (Å²) < 4.78 is 0. The minimum Gasteiger partial charge on any atom is -0.335 e. The summed E-state index contributed by atoms with van der Waals surface area (Å²) in [5, 5.41) is 6.24. The second kappa shape index (κ2) is 6.97. The van der Waals surface area contributed by atoms with Gasteiger partial charge < -0.3 is 10.6 Å². The summed E-state index contributed by atoms with van der Waals surface area (Å²) >= 11 is 0. The van der Waals surface area contributed by atoms with Crippen LogP contribution in [0.25, 0.3) is 0 Å². The Bertz CT molecular complexity index is 496. The van der Waals surface area contributed by atoms with Crippen LogP contribution in [0.5, 0.6) is 0 Å². The zero-order valence-electron chi connectivity index (χ0n) is 13.7. The minimum atomic E-state index is -0.0649. The third kappa shape index (κ3) is 3.99. The van der Waals surface area contributed by atoms with Crippen molar-refractivity contribution in [2.24, 2.45) is 5.92 Å². The molecular formula is C18H28N2O. The van der Waals surface area contributed by atoms with Crippen molar-refractivity contribution in [3.8, 4) is 0 Å². The van der Waals surface area contributed by atoms with E-state index in [0.29, 0.717) is 17.9 Å². The number of amides is 2. The van der Waals surface area contributed by atoms with Crippen LogP contribution >= 0.6 is 0 Å². The minimum absolute atomic E-state index is 0.0649. The molecule has 0 spiro atoms. The molecule has 1 aromatic carbocycles. The molecule has 0 radical (unpaired) electrons. The lowest BCUT2D eigenvalue weighted by Crippen LogP contribution is -2.43. The molecule has 116 valence electrons. The molecule has 1 saturated carbocycles. The van der Waals surface area contributed by atoms with Crippen LogP contribution in [0.1, 0.15) is 63.5 Å². The summed E-state index contributed by atoms with van der Waals surface area (Å²) in [4.78, 5) is 12.3. The molecule has 2 atom stereocenters. The van der Waals surface area contributed by atoms with Gasteiger partial charge in [0, 0.05) is 11.7 Å². The number of carbonyl (C=O) groups excluding carboxylic acids is 1. The van der Waals surface area contributed by atoms with E-state index < -0.39 is 0 Å². The zero-order chi connectivity index (χ0) is 15.4. The largest absolute Gasteiger partial charge is 0.335 e. The van der Waals surface area contributed by atoms with E-state index in [0.717, 1.165) is 17.7 Å². The molecular weight excluding hydrogens is 260 g/mol. The lowest BCUT2D eigenvalue weighted by molar-refractivity contribution is 0.232. The number of anilines is 1. The van der Waals surface area contributed by atoms with Crippen molar-refractivity contribution in [1.29, 1.82) is 0 Å². The van der Waals surface area contributed by atoms with Gasteiger partial charge in [-0.15, -0.1) is 0 Å². The fourth-order valence-corrected chi connectivity index (χ4v) is 3.19. The first kappa shape index (κ1) is 15.9. The van der Waals surface area contributed by atoms with E-state index in [9.17, 15) is 4.79 Å². The number of aryl methyl sites for hydroxylation is 1. The summed E-state index contributed by atoms with van der Waals surface area (Å²) in [5.41, 5.74) is 3.28. The van der Waals surface area contributed by atoms with Gasteiger partial charge in [-0.25, -0.2) is 4.79 Å². The molecule has 1 aliphatic carbocycles. The van der Waals surface area contributed by atoms with Gasteiger partial charge in [0.25, 0.3) is 0 Å². The summed E-state index contributed by atoms with van der Waals surface area (Å²) in [5.74, 6) is 0.972. The van der Waals surface area contributed by atoms with E-state index in [1.165, 1.54) is 24.8 Å². The van der Waals surface area contributed by atoms with Crippen LogP contribution in [-0.2, 0) is 0 Å². The first-order valence-electron chi connectivity index (χ1n) is 8.16. The second-order valence-electron chi connectivity index (χ2n) is 6.66. The normalized spacial score (nSPS) is 22.1. The quantitative estimate of drug-likeness (QED) is 0.822. The number of hydrogen-bond donors (Lipinski definition) is 2. The molecule has 0 bridgehead atoms. The first-order chi connectivity index (χ1) is 9.99. The van der Waals surface area contributed by atoms with Crippen LogP contribution in [0, 0.1) is 12.8 Å². The number of nitrogens with one attached hydrogen (secondary N) is 2. The van der Waals surface area contributed by atoms with E-state index in [4.69, 9.17) is 0 Å². The van der Waals surface area contributed by atoms with Gasteiger partial charge in [0.2, 0.25) is 0 Å². The van der Waals surface area contributed by atoms with Crippen LogP contribution in [0.15, 0.2) is 18.2 Å². The molecule has 0 saturated heterocycles. The fraction of sp³-hybridized carbons (Fsp3) is 0.611. The van der Waals surface area contributed by atoms with Gasteiger partial charge in [0.1, 0.15) is 0 Å². The molecule has 1 aromatic rings. The number of rotatable bonds is 3. The number of urea groups is 1. The lowest BCUT2D eigenvalue weighted by atomic mass is 9.86. The van der Waals surface area contributed by atoms with Gasteiger partial charge in [-0.3, -0.25) is 0 Å². The van der Waals surface area contributed by atoms with Crippen molar-refractivity contribution in [3.63, 3.8) is 0 Å². The van der Waals surface area contributed by atoms with Crippen molar-refractivity contribution in [2.75, 3.05) is 5.32 Å². The molecule has 21 heavy (non-hydrogen) atoms. The maximum atomic E-state index is 12.3. The van der Waals surface area contributed by atoms with Crippen LogP contribution in [0.3, 0.4) is 0 Å². The highest BCUT2D eigenvalue weighted by molar-refractivity contribution is 5.91. The molecule has 3 heteroatoms. The summed E-state index contributed by atoms with van der Waals surface area (Å²) in [6.07, 6.45) is 4.82. The highest BCUT2D eigenvalue weighted by Crippen LogP contribution is 2.28. The van der Waals surface area contributed by atoms with Gasteiger partial charge in [0.05, 0.1) is 0 Å². The molecule has 2 N–H and O–H groups in total. The van der Waals surface area contributed by atoms with Crippen LogP contribution < -0.4 is 10.6 Å². The topological polar surface area (TPSA) is 41.1 Å². The molecule has 1 fully saturated rings. The van der Waals surface area contributed by atoms with Crippen LogP contribution in [-0.4, -0.2) is 12.1 Å². The third-order valence-corrected chi connectivity index (χ3v) is 4.59. The molecule has 2 amide bonds. The van der Waals surface area contributed by atoms with E-state index in [1.54, 1.807) is 0 Å². The van der Waals surface area contributed by atoms with Crippen LogP contribution in [0.2, 0.25) is 0 Å². The maximum Gasteiger partial charge on any atom is 0.319 e. The summed E-state index contributed by atoms with van der Waals surface area (Å²) in [7, 11) is 0. The maximum absolute atomic E-state index is 12.3.